The second-order valence-electron chi connectivity index (χ2n) is 8.57. The molecule has 0 bridgehead atoms. The fourth-order valence-corrected chi connectivity index (χ4v) is 4.15. The number of guanidine groups is 1. The molecule has 1 aliphatic heterocycles. The second-order valence-corrected chi connectivity index (χ2v) is 8.57. The number of hydrogen-bond donors (Lipinski definition) is 1. The minimum atomic E-state index is -0.226. The molecule has 1 aromatic heterocycles. The molecule has 1 unspecified atom stereocenters. The number of nitrogens with two attached hydrogens (primary N) is 1. The molecule has 0 aliphatic carbocycles. The molecule has 1 saturated heterocycles. The number of aromatic nitrogens is 1. The Morgan fingerprint density at radius 2 is 1.84 bits per heavy atom. The molecule has 0 radical (unpaired) electrons. The summed E-state index contributed by atoms with van der Waals surface area (Å²) in [6.45, 7) is 3.81. The molecule has 2 N–H and O–H groups in total. The average molecular weight is 436 g/mol. The van der Waals surface area contributed by atoms with Crippen LogP contribution in [0.15, 0.2) is 64.1 Å². The molecule has 2 heterocycles. The number of nitrogens with zero attached hydrogens (tertiary/aromatic N) is 4. The van der Waals surface area contributed by atoms with Crippen molar-refractivity contribution < 1.29 is 8.91 Å². The van der Waals surface area contributed by atoms with Crippen molar-refractivity contribution in [1.29, 1.82) is 0 Å². The van der Waals surface area contributed by atoms with Gasteiger partial charge >= 0.3 is 0 Å². The van der Waals surface area contributed by atoms with Gasteiger partial charge in [-0.15, -0.1) is 0 Å². The Morgan fingerprint density at radius 1 is 1.16 bits per heavy atom. The molecule has 1 fully saturated rings. The Kier molecular flexibility index (Phi) is 6.55. The normalized spacial score (nSPS) is 16.5. The summed E-state index contributed by atoms with van der Waals surface area (Å²) in [6.07, 6.45) is 2.12. The van der Waals surface area contributed by atoms with Gasteiger partial charge in [0.15, 0.2) is 5.96 Å². The summed E-state index contributed by atoms with van der Waals surface area (Å²) in [5, 5.41) is 4.20. The Labute approximate surface area is 188 Å². The molecule has 0 spiro atoms. The monoisotopic (exact) mass is 435 g/mol. The SMILES string of the molecule is CC(c1ccc(-c2ccccc2F)cc1)c1cc(/N=C(\N)N2CCC(N(C)C)CC2)on1. The molecule has 6 nitrogen and oxygen atoms in total. The van der Waals surface area contributed by atoms with Crippen LogP contribution in [0.2, 0.25) is 0 Å². The zero-order valence-electron chi connectivity index (χ0n) is 18.8. The molecule has 2 aromatic carbocycles. The zero-order valence-corrected chi connectivity index (χ0v) is 18.8. The van der Waals surface area contributed by atoms with Gasteiger partial charge in [-0.1, -0.05) is 54.5 Å². The van der Waals surface area contributed by atoms with Gasteiger partial charge in [-0.2, -0.15) is 4.99 Å². The molecular weight excluding hydrogens is 405 g/mol. The number of benzene rings is 2. The third-order valence-corrected chi connectivity index (χ3v) is 6.30. The van der Waals surface area contributed by atoms with E-state index in [9.17, 15) is 4.39 Å². The number of halogens is 1. The van der Waals surface area contributed by atoms with Crippen molar-refractivity contribution in [2.45, 2.75) is 31.7 Å². The highest BCUT2D eigenvalue weighted by Crippen LogP contribution is 2.29. The predicted molar refractivity (Wildman–Crippen MR) is 125 cm³/mol. The molecule has 32 heavy (non-hydrogen) atoms. The molecule has 1 atom stereocenters. The van der Waals surface area contributed by atoms with E-state index in [-0.39, 0.29) is 11.7 Å². The fourth-order valence-electron chi connectivity index (χ4n) is 4.15. The van der Waals surface area contributed by atoms with Crippen molar-refractivity contribution in [2.75, 3.05) is 27.2 Å². The highest BCUT2D eigenvalue weighted by molar-refractivity contribution is 5.80. The minimum Gasteiger partial charge on any atom is -0.369 e. The summed E-state index contributed by atoms with van der Waals surface area (Å²) in [6, 6.07) is 17.0. The Hall–Kier alpha value is -3.19. The summed E-state index contributed by atoms with van der Waals surface area (Å²) in [5.41, 5.74) is 9.50. The summed E-state index contributed by atoms with van der Waals surface area (Å²) in [5.74, 6) is 0.652. The molecule has 4 rings (SSSR count). The highest BCUT2D eigenvalue weighted by atomic mass is 19.1. The van der Waals surface area contributed by atoms with Gasteiger partial charge in [0, 0.05) is 36.7 Å². The fraction of sp³-hybridized carbons (Fsp3) is 0.360. The van der Waals surface area contributed by atoms with Gasteiger partial charge in [0.25, 0.3) is 5.88 Å². The summed E-state index contributed by atoms with van der Waals surface area (Å²) >= 11 is 0. The van der Waals surface area contributed by atoms with Crippen LogP contribution in [0.1, 0.15) is 36.9 Å². The molecule has 1 aliphatic rings. The lowest BCUT2D eigenvalue weighted by Gasteiger charge is -2.35. The van der Waals surface area contributed by atoms with Gasteiger partial charge in [-0.05, 0) is 44.1 Å². The average Bonchev–Trinajstić information content (AvgIpc) is 3.27. The van der Waals surface area contributed by atoms with Crippen LogP contribution in [0, 0.1) is 5.82 Å². The van der Waals surface area contributed by atoms with Crippen molar-refractivity contribution in [3.63, 3.8) is 0 Å². The van der Waals surface area contributed by atoms with Crippen molar-refractivity contribution in [3.05, 3.63) is 71.7 Å². The molecule has 168 valence electrons. The van der Waals surface area contributed by atoms with Crippen LogP contribution in [0.4, 0.5) is 10.3 Å². The van der Waals surface area contributed by atoms with Crippen molar-refractivity contribution in [3.8, 4) is 11.1 Å². The number of piperidine rings is 1. The standard InChI is InChI=1S/C25H30FN5O/c1-17(18-8-10-19(11-9-18)21-6-4-5-7-22(21)26)23-16-24(32-29-23)28-25(27)31-14-12-20(13-15-31)30(2)3/h4-11,16-17,20H,12-15H2,1-3H3,(H2,27,28). The van der Waals surface area contributed by atoms with Crippen LogP contribution in [0.25, 0.3) is 11.1 Å². The maximum absolute atomic E-state index is 14.0. The van der Waals surface area contributed by atoms with Crippen LogP contribution in [0.3, 0.4) is 0 Å². The molecule has 7 heteroatoms. The van der Waals surface area contributed by atoms with Crippen molar-refractivity contribution >= 4 is 11.8 Å². The van der Waals surface area contributed by atoms with Gasteiger partial charge in [-0.25, -0.2) is 4.39 Å². The number of likely N-dealkylation sites (tertiary alicyclic amines) is 1. The Balaban J connectivity index is 1.43. The first kappa shape index (κ1) is 22.0. The maximum atomic E-state index is 14.0. The highest BCUT2D eigenvalue weighted by Gasteiger charge is 2.22. The van der Waals surface area contributed by atoms with Gasteiger partial charge in [0.1, 0.15) is 5.82 Å². The smallest absolute Gasteiger partial charge is 0.253 e. The van der Waals surface area contributed by atoms with E-state index in [1.807, 2.05) is 36.4 Å². The van der Waals surface area contributed by atoms with E-state index in [1.54, 1.807) is 12.1 Å². The first-order valence-corrected chi connectivity index (χ1v) is 11.0. The van der Waals surface area contributed by atoms with E-state index >= 15 is 0 Å². The van der Waals surface area contributed by atoms with E-state index in [2.05, 4.69) is 41.0 Å². The third-order valence-electron chi connectivity index (χ3n) is 6.30. The van der Waals surface area contributed by atoms with Crippen LogP contribution >= 0.6 is 0 Å². The van der Waals surface area contributed by atoms with E-state index in [0.717, 1.165) is 42.8 Å². The predicted octanol–water partition coefficient (Wildman–Crippen LogP) is 4.60. The van der Waals surface area contributed by atoms with Gasteiger partial charge in [0.2, 0.25) is 0 Å². The number of aliphatic imine (C=N–C) groups is 1. The van der Waals surface area contributed by atoms with E-state index < -0.39 is 0 Å². The first-order chi connectivity index (χ1) is 15.4. The second kappa shape index (κ2) is 9.53. The lowest BCUT2D eigenvalue weighted by Crippen LogP contribution is -2.47. The first-order valence-electron chi connectivity index (χ1n) is 11.0. The summed E-state index contributed by atoms with van der Waals surface area (Å²) in [7, 11) is 4.23. The summed E-state index contributed by atoms with van der Waals surface area (Å²) in [4.78, 5) is 8.80. The molecule has 0 amide bonds. The third kappa shape index (κ3) is 4.83. The van der Waals surface area contributed by atoms with E-state index in [0.29, 0.717) is 23.4 Å². The van der Waals surface area contributed by atoms with Crippen LogP contribution in [-0.2, 0) is 0 Å². The number of hydrogen-bond acceptors (Lipinski definition) is 4. The van der Waals surface area contributed by atoms with Crippen molar-refractivity contribution in [2.24, 2.45) is 10.7 Å². The van der Waals surface area contributed by atoms with Crippen LogP contribution in [0.5, 0.6) is 0 Å². The van der Waals surface area contributed by atoms with Gasteiger partial charge in [0.05, 0.1) is 5.69 Å². The minimum absolute atomic E-state index is 0.00873. The quantitative estimate of drug-likeness (QED) is 0.468. The number of rotatable bonds is 5. The maximum Gasteiger partial charge on any atom is 0.253 e. The Morgan fingerprint density at radius 3 is 2.50 bits per heavy atom. The topological polar surface area (TPSA) is 70.9 Å². The Bertz CT molecular complexity index is 1070. The van der Waals surface area contributed by atoms with E-state index in [4.69, 9.17) is 10.3 Å². The molecule has 0 saturated carbocycles. The van der Waals surface area contributed by atoms with Crippen molar-refractivity contribution in [1.82, 2.24) is 15.0 Å². The van der Waals surface area contributed by atoms with Gasteiger partial charge < -0.3 is 20.1 Å². The summed E-state index contributed by atoms with van der Waals surface area (Å²) < 4.78 is 19.5. The van der Waals surface area contributed by atoms with Gasteiger partial charge in [-0.3, -0.25) is 0 Å². The lowest BCUT2D eigenvalue weighted by molar-refractivity contribution is 0.190. The van der Waals surface area contributed by atoms with E-state index in [1.165, 1.54) is 6.07 Å². The molecular formula is C25H30FN5O. The molecule has 3 aromatic rings. The lowest BCUT2D eigenvalue weighted by atomic mass is 9.95. The van der Waals surface area contributed by atoms with Crippen LogP contribution in [-0.4, -0.2) is 54.1 Å². The largest absolute Gasteiger partial charge is 0.369 e. The van der Waals surface area contributed by atoms with Crippen LogP contribution < -0.4 is 5.73 Å². The zero-order chi connectivity index (χ0) is 22.7.